The van der Waals surface area contributed by atoms with Gasteiger partial charge in [-0.1, -0.05) is 41.4 Å². The maximum absolute atomic E-state index is 6.19. The molecule has 1 fully saturated rings. The van der Waals surface area contributed by atoms with Gasteiger partial charge in [-0.2, -0.15) is 0 Å². The normalized spacial score (nSPS) is 15.0. The van der Waals surface area contributed by atoms with Gasteiger partial charge in [0.05, 0.1) is 13.2 Å². The van der Waals surface area contributed by atoms with Gasteiger partial charge in [-0.15, -0.1) is 0 Å². The average molecular weight is 389 g/mol. The maximum atomic E-state index is 6.19. The van der Waals surface area contributed by atoms with Gasteiger partial charge in [0.25, 0.3) is 0 Å². The van der Waals surface area contributed by atoms with Crippen LogP contribution in [0, 0.1) is 6.92 Å². The average Bonchev–Trinajstić information content (AvgIpc) is 2.69. The standard InChI is InChI=1S/C22H29ClN2O2/c1-18-3-5-19(6-4-18)17-27-22-8-7-21(23)15-20(22)16-24-9-2-10-25-11-13-26-14-12-25/h3-8,15,24H,2,9-14,16-17H2,1H3. The minimum atomic E-state index is 0.561. The summed E-state index contributed by atoms with van der Waals surface area (Å²) in [5.41, 5.74) is 3.52. The minimum Gasteiger partial charge on any atom is -0.489 e. The van der Waals surface area contributed by atoms with E-state index in [2.05, 4.69) is 41.4 Å². The van der Waals surface area contributed by atoms with E-state index in [0.717, 1.165) is 68.7 Å². The minimum absolute atomic E-state index is 0.561. The van der Waals surface area contributed by atoms with Crippen molar-refractivity contribution in [3.8, 4) is 5.75 Å². The lowest BCUT2D eigenvalue weighted by molar-refractivity contribution is 0.0374. The predicted molar refractivity (Wildman–Crippen MR) is 111 cm³/mol. The van der Waals surface area contributed by atoms with Crippen LogP contribution in [0.5, 0.6) is 5.75 Å². The van der Waals surface area contributed by atoms with Crippen molar-refractivity contribution in [3.05, 3.63) is 64.2 Å². The van der Waals surface area contributed by atoms with E-state index in [4.69, 9.17) is 21.1 Å². The van der Waals surface area contributed by atoms with Gasteiger partial charge in [-0.05, 0) is 50.2 Å². The number of ether oxygens (including phenoxy) is 2. The second-order valence-electron chi connectivity index (χ2n) is 7.01. The first-order valence-corrected chi connectivity index (χ1v) is 10.1. The highest BCUT2D eigenvalue weighted by atomic mass is 35.5. The van der Waals surface area contributed by atoms with Gasteiger partial charge in [0.15, 0.2) is 0 Å². The molecule has 0 atom stereocenters. The molecule has 0 spiro atoms. The molecule has 27 heavy (non-hydrogen) atoms. The van der Waals surface area contributed by atoms with E-state index in [1.165, 1.54) is 11.1 Å². The molecule has 5 heteroatoms. The first kappa shape index (κ1) is 20.2. The summed E-state index contributed by atoms with van der Waals surface area (Å²) >= 11 is 6.19. The van der Waals surface area contributed by atoms with Crippen molar-refractivity contribution in [1.82, 2.24) is 10.2 Å². The summed E-state index contributed by atoms with van der Waals surface area (Å²) in [7, 11) is 0. The molecule has 1 heterocycles. The summed E-state index contributed by atoms with van der Waals surface area (Å²) in [6.45, 7) is 9.31. The highest BCUT2D eigenvalue weighted by Gasteiger charge is 2.09. The summed E-state index contributed by atoms with van der Waals surface area (Å²) in [5, 5.41) is 4.26. The summed E-state index contributed by atoms with van der Waals surface area (Å²) in [6.07, 6.45) is 1.13. The molecule has 1 aliphatic rings. The molecule has 4 nitrogen and oxygen atoms in total. The van der Waals surface area contributed by atoms with Crippen LogP contribution in [0.2, 0.25) is 5.02 Å². The molecule has 0 unspecified atom stereocenters. The Kier molecular flexibility index (Phi) is 7.96. The third kappa shape index (κ3) is 6.82. The first-order valence-electron chi connectivity index (χ1n) is 9.68. The molecule has 0 aromatic heterocycles. The predicted octanol–water partition coefficient (Wildman–Crippen LogP) is 4.04. The van der Waals surface area contributed by atoms with Gasteiger partial charge in [-0.3, -0.25) is 4.90 Å². The second-order valence-corrected chi connectivity index (χ2v) is 7.45. The van der Waals surface area contributed by atoms with Crippen molar-refractivity contribution >= 4 is 11.6 Å². The third-order valence-corrected chi connectivity index (χ3v) is 5.02. The molecule has 0 saturated carbocycles. The summed E-state index contributed by atoms with van der Waals surface area (Å²) in [4.78, 5) is 2.46. The first-order chi connectivity index (χ1) is 13.2. The van der Waals surface area contributed by atoms with Gasteiger partial charge in [0.2, 0.25) is 0 Å². The number of benzene rings is 2. The quantitative estimate of drug-likeness (QED) is 0.657. The number of nitrogens with one attached hydrogen (secondary N) is 1. The van der Waals surface area contributed by atoms with Crippen molar-refractivity contribution in [3.63, 3.8) is 0 Å². The molecule has 2 aromatic carbocycles. The number of hydrogen-bond acceptors (Lipinski definition) is 4. The van der Waals surface area contributed by atoms with Crippen molar-refractivity contribution in [2.24, 2.45) is 0 Å². The Hall–Kier alpha value is -1.59. The fourth-order valence-electron chi connectivity index (χ4n) is 3.15. The number of aryl methyl sites for hydroxylation is 1. The van der Waals surface area contributed by atoms with E-state index in [-0.39, 0.29) is 0 Å². The molecule has 146 valence electrons. The van der Waals surface area contributed by atoms with E-state index >= 15 is 0 Å². The Bertz CT molecular complexity index is 700. The van der Waals surface area contributed by atoms with Crippen LogP contribution >= 0.6 is 11.6 Å². The number of rotatable bonds is 9. The monoisotopic (exact) mass is 388 g/mol. The lowest BCUT2D eigenvalue weighted by Crippen LogP contribution is -2.37. The van der Waals surface area contributed by atoms with E-state index in [9.17, 15) is 0 Å². The molecular formula is C22H29ClN2O2. The molecular weight excluding hydrogens is 360 g/mol. The van der Waals surface area contributed by atoms with Gasteiger partial charge < -0.3 is 14.8 Å². The number of nitrogens with zero attached hydrogens (tertiary/aromatic N) is 1. The highest BCUT2D eigenvalue weighted by Crippen LogP contribution is 2.24. The van der Waals surface area contributed by atoms with Crippen LogP contribution in [0.3, 0.4) is 0 Å². The van der Waals surface area contributed by atoms with Crippen LogP contribution in [-0.4, -0.2) is 44.3 Å². The van der Waals surface area contributed by atoms with Crippen molar-refractivity contribution < 1.29 is 9.47 Å². The molecule has 1 N–H and O–H groups in total. The summed E-state index contributed by atoms with van der Waals surface area (Å²) in [5.74, 6) is 0.889. The third-order valence-electron chi connectivity index (χ3n) is 4.78. The number of halogens is 1. The zero-order valence-corrected chi connectivity index (χ0v) is 16.8. The van der Waals surface area contributed by atoms with Crippen LogP contribution in [0.25, 0.3) is 0 Å². The maximum Gasteiger partial charge on any atom is 0.124 e. The zero-order chi connectivity index (χ0) is 18.9. The van der Waals surface area contributed by atoms with Crippen molar-refractivity contribution in [1.29, 1.82) is 0 Å². The van der Waals surface area contributed by atoms with Crippen LogP contribution in [-0.2, 0) is 17.9 Å². The van der Waals surface area contributed by atoms with Crippen LogP contribution < -0.4 is 10.1 Å². The Balaban J connectivity index is 1.45. The van der Waals surface area contributed by atoms with E-state index < -0.39 is 0 Å². The van der Waals surface area contributed by atoms with E-state index in [1.807, 2.05) is 18.2 Å². The van der Waals surface area contributed by atoms with E-state index in [0.29, 0.717) is 6.61 Å². The van der Waals surface area contributed by atoms with Crippen molar-refractivity contribution in [2.45, 2.75) is 26.5 Å². The Labute approximate surface area is 167 Å². The highest BCUT2D eigenvalue weighted by molar-refractivity contribution is 6.30. The van der Waals surface area contributed by atoms with Crippen LogP contribution in [0.1, 0.15) is 23.1 Å². The smallest absolute Gasteiger partial charge is 0.124 e. The van der Waals surface area contributed by atoms with Crippen molar-refractivity contribution in [2.75, 3.05) is 39.4 Å². The number of hydrogen-bond donors (Lipinski definition) is 1. The Morgan fingerprint density at radius 1 is 1.11 bits per heavy atom. The Morgan fingerprint density at radius 3 is 2.67 bits per heavy atom. The molecule has 1 aliphatic heterocycles. The molecule has 3 rings (SSSR count). The Morgan fingerprint density at radius 2 is 1.89 bits per heavy atom. The zero-order valence-electron chi connectivity index (χ0n) is 16.0. The lowest BCUT2D eigenvalue weighted by atomic mass is 10.1. The molecule has 0 bridgehead atoms. The van der Waals surface area contributed by atoms with E-state index in [1.54, 1.807) is 0 Å². The molecule has 0 amide bonds. The molecule has 0 radical (unpaired) electrons. The topological polar surface area (TPSA) is 33.7 Å². The van der Waals surface area contributed by atoms with Gasteiger partial charge in [0.1, 0.15) is 12.4 Å². The second kappa shape index (κ2) is 10.7. The van der Waals surface area contributed by atoms with Crippen LogP contribution in [0.4, 0.5) is 0 Å². The largest absolute Gasteiger partial charge is 0.489 e. The fraction of sp³-hybridized carbons (Fsp3) is 0.455. The van der Waals surface area contributed by atoms with Gasteiger partial charge in [0, 0.05) is 30.2 Å². The number of morpholine rings is 1. The fourth-order valence-corrected chi connectivity index (χ4v) is 3.34. The lowest BCUT2D eigenvalue weighted by Gasteiger charge is -2.26. The van der Waals surface area contributed by atoms with Gasteiger partial charge >= 0.3 is 0 Å². The van der Waals surface area contributed by atoms with Gasteiger partial charge in [-0.25, -0.2) is 0 Å². The molecule has 1 saturated heterocycles. The molecule has 2 aromatic rings. The summed E-state index contributed by atoms with van der Waals surface area (Å²) < 4.78 is 11.4. The SMILES string of the molecule is Cc1ccc(COc2ccc(Cl)cc2CNCCCN2CCOCC2)cc1. The molecule has 0 aliphatic carbocycles. The summed E-state index contributed by atoms with van der Waals surface area (Å²) in [6, 6.07) is 14.3. The van der Waals surface area contributed by atoms with Crippen LogP contribution in [0.15, 0.2) is 42.5 Å².